The Morgan fingerprint density at radius 3 is 1.91 bits per heavy atom. The molecule has 38 nitrogen and oxygen atoms in total. The van der Waals surface area contributed by atoms with Crippen LogP contribution in [0.2, 0.25) is 10.0 Å². The summed E-state index contributed by atoms with van der Waals surface area (Å²) in [7, 11) is 4.95. The first-order valence-corrected chi connectivity index (χ1v) is 42.3. The molecule has 17 bridgehead atoms. The van der Waals surface area contributed by atoms with Gasteiger partial charge >= 0.3 is 5.97 Å². The van der Waals surface area contributed by atoms with Crippen molar-refractivity contribution in [3.63, 3.8) is 0 Å². The lowest BCUT2D eigenvalue weighted by atomic mass is 9.89. The van der Waals surface area contributed by atoms with E-state index in [-0.39, 0.29) is 47.8 Å². The van der Waals surface area contributed by atoms with Crippen LogP contribution in [0.15, 0.2) is 115 Å². The number of carbonyl (C=O) groups excluding carboxylic acids is 8. The standard InChI is InChI=1S/C88H100Cl2N10O28/c1-38(2)13-10-8-6-7-9-11-14-61(106)94-70-73(109)75(111)78(86(120)121)128-87(70)127-77-58-31-43-32-59(77)124-55-24-19-42(29-50(55)89)71(107)69-85(119)98-67(80(114)92-25-12-26-100(4)5)48-33-44(102)34-57(125-88-76(112)74(110)72(108)60(37-101)126-88)62(48)47-28-40(17-22-52(47)103)65(82(116)99-69)95-83(117)66(43)96-84(118)68-49-35-46(36-54(105)63(49)90)123-56-30-41(18-23-53(56)104)64(91-3)81(115)93-51(79(113)97-68)27-39-15-20-45(122-58)21-16-39/h15-24,28-36,38,51,60,64-76,78,87-88,91,101-105,107-112H,6-14,25-27,37H2,1-5H3,(H,92,114)(H,93,115)(H,94,106)(H,95,117)(H,96,118)(H,97,113)(H,98,119)(H,99,116)(H,120,121)/t51?,60?,64-,65?,66?,67?,68?,69?,70?,71-,72-,73-,74?,75?,76?,78?,87-,88+/m1/s1. The molecule has 8 aliphatic rings. The number of halogens is 2. The van der Waals surface area contributed by atoms with E-state index in [1.807, 2.05) is 0 Å². The summed E-state index contributed by atoms with van der Waals surface area (Å²) >= 11 is 14.3. The molecule has 7 aromatic rings. The van der Waals surface area contributed by atoms with Gasteiger partial charge in [-0.2, -0.15) is 0 Å². The molecule has 128 heavy (non-hydrogen) atoms. The van der Waals surface area contributed by atoms with Gasteiger partial charge in [0.1, 0.15) is 131 Å². The third-order valence-electron chi connectivity index (χ3n) is 22.7. The third kappa shape index (κ3) is 21.1. The minimum absolute atomic E-state index is 0.0943. The summed E-state index contributed by atoms with van der Waals surface area (Å²) in [6, 6.07) is 5.68. The highest BCUT2D eigenvalue weighted by molar-refractivity contribution is 6.33. The van der Waals surface area contributed by atoms with Gasteiger partial charge in [0.05, 0.1) is 16.7 Å². The largest absolute Gasteiger partial charge is 0.508 e. The number of phenolic OH excluding ortho intramolecular Hbond substituents is 4. The van der Waals surface area contributed by atoms with Crippen LogP contribution in [0.1, 0.15) is 147 Å². The van der Waals surface area contributed by atoms with Crippen molar-refractivity contribution in [1.82, 2.24) is 52.8 Å². The molecular weight excluding hydrogens is 1720 g/mol. The quantitative estimate of drug-likeness (QED) is 0.0423. The van der Waals surface area contributed by atoms with Gasteiger partial charge in [0.15, 0.2) is 29.1 Å². The number of phenols is 4. The summed E-state index contributed by atoms with van der Waals surface area (Å²) in [5, 5.41) is 161. The van der Waals surface area contributed by atoms with Gasteiger partial charge in [-0.25, -0.2) is 4.79 Å². The Balaban J connectivity index is 1.04. The number of nitrogens with one attached hydrogen (secondary N) is 9. The van der Waals surface area contributed by atoms with Crippen molar-refractivity contribution in [2.45, 2.75) is 188 Å². The minimum Gasteiger partial charge on any atom is -0.508 e. The lowest BCUT2D eigenvalue weighted by Crippen LogP contribution is -2.66. The molecule has 8 aliphatic heterocycles. The number of hydrogen-bond donors (Lipinski definition) is 21. The Labute approximate surface area is 742 Å². The maximum Gasteiger partial charge on any atom is 0.335 e. The van der Waals surface area contributed by atoms with Crippen molar-refractivity contribution in [3.8, 4) is 80.1 Å². The number of aliphatic hydroxyl groups excluding tert-OH is 7. The van der Waals surface area contributed by atoms with Crippen LogP contribution in [0.4, 0.5) is 0 Å². The number of aromatic hydroxyl groups is 4. The van der Waals surface area contributed by atoms with E-state index in [9.17, 15) is 75.7 Å². The highest BCUT2D eigenvalue weighted by Gasteiger charge is 2.52. The molecule has 0 aromatic heterocycles. The highest BCUT2D eigenvalue weighted by atomic mass is 35.5. The van der Waals surface area contributed by atoms with E-state index in [0.717, 1.165) is 105 Å². The van der Waals surface area contributed by atoms with E-state index < -0.39 is 271 Å². The van der Waals surface area contributed by atoms with Crippen LogP contribution in [-0.4, -0.2) is 234 Å². The zero-order chi connectivity index (χ0) is 92.0. The number of nitrogens with zero attached hydrogens (tertiary/aromatic N) is 1. The molecule has 2 saturated heterocycles. The summed E-state index contributed by atoms with van der Waals surface area (Å²) in [6.45, 7) is 3.61. The second-order valence-electron chi connectivity index (χ2n) is 32.7. The Bertz CT molecular complexity index is 5340. The minimum atomic E-state index is -2.45. The smallest absolute Gasteiger partial charge is 0.335 e. The Kier molecular flexibility index (Phi) is 29.7. The zero-order valence-corrected chi connectivity index (χ0v) is 71.2. The van der Waals surface area contributed by atoms with Crippen molar-refractivity contribution in [3.05, 3.63) is 164 Å². The maximum atomic E-state index is 16.8. The van der Waals surface area contributed by atoms with Gasteiger partial charge in [-0.05, 0) is 153 Å². The second-order valence-corrected chi connectivity index (χ2v) is 33.5. The third-order valence-corrected chi connectivity index (χ3v) is 23.4. The summed E-state index contributed by atoms with van der Waals surface area (Å²) < 4.78 is 44.5. The van der Waals surface area contributed by atoms with Gasteiger partial charge in [-0.3, -0.25) is 38.4 Å². The summed E-state index contributed by atoms with van der Waals surface area (Å²) in [5.74, 6) is -17.5. The first-order valence-electron chi connectivity index (χ1n) is 41.5. The van der Waals surface area contributed by atoms with E-state index >= 15 is 28.8 Å². The number of likely N-dealkylation sites (N-methyl/N-ethyl adjacent to an activating group) is 1. The van der Waals surface area contributed by atoms with Crippen LogP contribution in [0.5, 0.6) is 69.0 Å². The molecule has 12 unspecified atom stereocenters. The van der Waals surface area contributed by atoms with E-state index in [1.165, 1.54) is 49.5 Å². The average molecular weight is 1820 g/mol. The fraction of sp³-hybridized carbons (Fsp3) is 0.420. The molecule has 0 radical (unpaired) electrons. The zero-order valence-electron chi connectivity index (χ0n) is 69.7. The number of hydrogen-bond acceptors (Lipinski definition) is 29. The fourth-order valence-corrected chi connectivity index (χ4v) is 16.4. The number of carboxylic acids is 1. The SMILES string of the molecule is CN[C@H]1C(=O)NC2Cc3ccc(cc3)Oc3cc4cc(c3O[C@@H]3OC(C(=O)O)C(O)[C@H](O)C3NC(=O)CCCCCCCCC(C)C)Oc3ccc(cc3Cl)[C@@H](O)C3NC(=O)C(NC(=O)C4NC(=O)C(NC2=O)c2cc(cc(O)c2Cl)Oc2cc1ccc2O)c1ccc(O)c(c1)-c1c(O[C@H]2OC(CO)[C@@H](O)C(O)C2O)cc(O)cc1C(C(=O)NCCCN(C)C)NC3=O. The summed E-state index contributed by atoms with van der Waals surface area (Å²) in [5.41, 5.74) is -2.68. The molecule has 18 atom stereocenters. The molecule has 8 amide bonds. The van der Waals surface area contributed by atoms with E-state index in [0.29, 0.717) is 30.9 Å². The number of rotatable bonds is 22. The molecule has 0 saturated carbocycles. The van der Waals surface area contributed by atoms with Gasteiger partial charge in [0, 0.05) is 48.2 Å². The lowest BCUT2D eigenvalue weighted by Gasteiger charge is -2.41. The number of aliphatic carboxylic acids is 1. The van der Waals surface area contributed by atoms with E-state index in [4.69, 9.17) is 56.4 Å². The van der Waals surface area contributed by atoms with Crippen molar-refractivity contribution in [2.75, 3.05) is 40.8 Å². The van der Waals surface area contributed by atoms with Gasteiger partial charge in [0.2, 0.25) is 65.6 Å². The molecule has 15 rings (SSSR count). The number of carboxylic acid groups (broad SMARTS) is 1. The molecule has 0 aliphatic carbocycles. The van der Waals surface area contributed by atoms with Crippen molar-refractivity contribution in [2.24, 2.45) is 5.92 Å². The van der Waals surface area contributed by atoms with Crippen LogP contribution in [0.3, 0.4) is 0 Å². The Morgan fingerprint density at radius 2 is 1.21 bits per heavy atom. The first-order chi connectivity index (χ1) is 61.1. The average Bonchev–Trinajstić information content (AvgIpc) is 0.755. The number of amides is 8. The monoisotopic (exact) mass is 1810 g/mol. The van der Waals surface area contributed by atoms with Gasteiger partial charge in [0.25, 0.3) is 0 Å². The first kappa shape index (κ1) is 93.7. The van der Waals surface area contributed by atoms with E-state index in [1.54, 1.807) is 19.0 Å². The number of carbonyl (C=O) groups is 9. The van der Waals surface area contributed by atoms with Crippen molar-refractivity contribution in [1.29, 1.82) is 0 Å². The number of aliphatic hydroxyl groups is 7. The summed E-state index contributed by atoms with van der Waals surface area (Å²) in [4.78, 5) is 140. The van der Waals surface area contributed by atoms with E-state index in [2.05, 4.69) is 61.7 Å². The van der Waals surface area contributed by atoms with Crippen molar-refractivity contribution < 1.29 is 138 Å². The molecule has 8 heterocycles. The van der Waals surface area contributed by atoms with Crippen LogP contribution < -0.4 is 71.5 Å². The highest BCUT2D eigenvalue weighted by Crippen LogP contribution is 2.51. The molecule has 2 fully saturated rings. The van der Waals surface area contributed by atoms with Crippen LogP contribution in [-0.2, 0) is 59.0 Å². The summed E-state index contributed by atoms with van der Waals surface area (Å²) in [6.07, 6.45) is -15.8. The number of fused-ring (bicyclic) bond motifs is 14. The topological polar surface area (TPSA) is 573 Å². The molecule has 21 N–H and O–H groups in total. The van der Waals surface area contributed by atoms with Crippen LogP contribution in [0.25, 0.3) is 11.1 Å². The Hall–Kier alpha value is -11.9. The predicted octanol–water partition coefficient (Wildman–Crippen LogP) is 4.17. The van der Waals surface area contributed by atoms with Gasteiger partial charge in [-0.1, -0.05) is 106 Å². The van der Waals surface area contributed by atoms with Gasteiger partial charge in [-0.15, -0.1) is 0 Å². The number of benzene rings is 7. The molecule has 0 spiro atoms. The van der Waals surface area contributed by atoms with Crippen molar-refractivity contribution >= 4 is 76.4 Å². The number of ether oxygens (including phenoxy) is 7. The van der Waals surface area contributed by atoms with Crippen LogP contribution in [0, 0.1) is 5.92 Å². The fourth-order valence-electron chi connectivity index (χ4n) is 15.9. The molecule has 7 aromatic carbocycles. The normalized spacial score (nSPS) is 25.8. The Morgan fingerprint density at radius 1 is 0.562 bits per heavy atom. The molecular formula is C88H100Cl2N10O28. The second kappa shape index (κ2) is 40.6. The predicted molar refractivity (Wildman–Crippen MR) is 452 cm³/mol. The van der Waals surface area contributed by atoms with Gasteiger partial charge < -0.3 is 147 Å². The lowest BCUT2D eigenvalue weighted by molar-refractivity contribution is -0.277. The molecule has 684 valence electrons. The number of unbranched alkanes of at least 4 members (excludes halogenated alkanes) is 5. The molecule has 40 heteroatoms. The van der Waals surface area contributed by atoms with Crippen LogP contribution >= 0.6 is 23.2 Å². The maximum absolute atomic E-state index is 16.8.